The number of nitrogens with one attached hydrogen (secondary N) is 1. The fourth-order valence-corrected chi connectivity index (χ4v) is 3.29. The molecule has 0 unspecified atom stereocenters. The number of alkyl halides is 3. The summed E-state index contributed by atoms with van der Waals surface area (Å²) in [5.41, 5.74) is 5.55. The molecular formula is C21H22F3N3O3. The van der Waals surface area contributed by atoms with Crippen molar-refractivity contribution in [2.45, 2.75) is 19.6 Å². The Morgan fingerprint density at radius 2 is 1.83 bits per heavy atom. The van der Waals surface area contributed by atoms with E-state index < -0.39 is 23.6 Å². The zero-order valence-electron chi connectivity index (χ0n) is 16.4. The Labute approximate surface area is 171 Å². The van der Waals surface area contributed by atoms with Crippen molar-refractivity contribution in [2.75, 3.05) is 31.6 Å². The number of primary amides is 1. The number of nitrogens with zero attached hydrogens (tertiary/aromatic N) is 1. The van der Waals surface area contributed by atoms with Crippen LogP contribution < -0.4 is 11.1 Å². The van der Waals surface area contributed by atoms with Gasteiger partial charge in [-0.25, -0.2) is 0 Å². The number of hydrogen-bond acceptors (Lipinski definition) is 4. The maximum absolute atomic E-state index is 13.6. The van der Waals surface area contributed by atoms with Crippen LogP contribution in [-0.4, -0.2) is 43.0 Å². The van der Waals surface area contributed by atoms with Gasteiger partial charge in [0, 0.05) is 36.4 Å². The van der Waals surface area contributed by atoms with Gasteiger partial charge in [0.05, 0.1) is 18.8 Å². The predicted molar refractivity (Wildman–Crippen MR) is 105 cm³/mol. The molecule has 0 radical (unpaired) electrons. The van der Waals surface area contributed by atoms with E-state index >= 15 is 0 Å². The maximum atomic E-state index is 13.6. The number of anilines is 1. The Kier molecular flexibility index (Phi) is 6.42. The smallest absolute Gasteiger partial charge is 0.379 e. The van der Waals surface area contributed by atoms with Crippen LogP contribution in [0.3, 0.4) is 0 Å². The first kappa shape index (κ1) is 21.8. The molecule has 1 fully saturated rings. The number of carbonyl (C=O) groups excluding carboxylic acids is 2. The van der Waals surface area contributed by atoms with Gasteiger partial charge in [-0.05, 0) is 42.3 Å². The molecule has 0 saturated carbocycles. The molecule has 0 aliphatic carbocycles. The SMILES string of the molecule is Cc1ccc(NC(=O)c2ccc(CN3CCOCC3)c(C(F)(F)F)c2)cc1C(N)=O. The molecule has 9 heteroatoms. The van der Waals surface area contributed by atoms with Crippen LogP contribution >= 0.6 is 0 Å². The molecule has 1 heterocycles. The minimum Gasteiger partial charge on any atom is -0.379 e. The monoisotopic (exact) mass is 421 g/mol. The molecule has 0 spiro atoms. The number of rotatable bonds is 5. The van der Waals surface area contributed by atoms with Crippen molar-refractivity contribution in [1.82, 2.24) is 4.90 Å². The van der Waals surface area contributed by atoms with E-state index in [1.165, 1.54) is 18.2 Å². The van der Waals surface area contributed by atoms with E-state index in [9.17, 15) is 22.8 Å². The van der Waals surface area contributed by atoms with Crippen LogP contribution in [0.25, 0.3) is 0 Å². The van der Waals surface area contributed by atoms with Crippen LogP contribution in [0.2, 0.25) is 0 Å². The third-order valence-electron chi connectivity index (χ3n) is 4.94. The summed E-state index contributed by atoms with van der Waals surface area (Å²) in [4.78, 5) is 25.9. The molecule has 1 saturated heterocycles. The molecule has 2 aromatic rings. The fourth-order valence-electron chi connectivity index (χ4n) is 3.29. The number of benzene rings is 2. The average Bonchev–Trinajstić information content (AvgIpc) is 2.69. The number of carbonyl (C=O) groups is 2. The van der Waals surface area contributed by atoms with E-state index in [0.717, 1.165) is 6.07 Å². The molecule has 2 amide bonds. The van der Waals surface area contributed by atoms with Gasteiger partial charge in [0.2, 0.25) is 5.91 Å². The average molecular weight is 421 g/mol. The Bertz CT molecular complexity index is 954. The van der Waals surface area contributed by atoms with Crippen molar-refractivity contribution in [1.29, 1.82) is 0 Å². The molecule has 6 nitrogen and oxygen atoms in total. The fraction of sp³-hybridized carbons (Fsp3) is 0.333. The number of amides is 2. The number of aryl methyl sites for hydroxylation is 1. The number of morpholine rings is 1. The Hall–Kier alpha value is -2.91. The number of halogens is 3. The minimum absolute atomic E-state index is 0.104. The largest absolute Gasteiger partial charge is 0.416 e. The Morgan fingerprint density at radius 1 is 1.13 bits per heavy atom. The van der Waals surface area contributed by atoms with E-state index in [-0.39, 0.29) is 28.9 Å². The topological polar surface area (TPSA) is 84.7 Å². The van der Waals surface area contributed by atoms with Crippen molar-refractivity contribution in [3.63, 3.8) is 0 Å². The quantitative estimate of drug-likeness (QED) is 0.777. The van der Waals surface area contributed by atoms with Crippen LogP contribution in [-0.2, 0) is 17.5 Å². The first-order valence-electron chi connectivity index (χ1n) is 9.37. The third kappa shape index (κ3) is 5.17. The predicted octanol–water partition coefficient (Wildman–Crippen LogP) is 3.20. The van der Waals surface area contributed by atoms with Gasteiger partial charge >= 0.3 is 6.18 Å². The minimum atomic E-state index is -4.60. The van der Waals surface area contributed by atoms with Gasteiger partial charge in [-0.3, -0.25) is 14.5 Å². The van der Waals surface area contributed by atoms with Crippen molar-refractivity contribution in [3.8, 4) is 0 Å². The maximum Gasteiger partial charge on any atom is 0.416 e. The van der Waals surface area contributed by atoms with Crippen LogP contribution in [0.15, 0.2) is 36.4 Å². The number of hydrogen-bond donors (Lipinski definition) is 2. The molecule has 1 aliphatic heterocycles. The van der Waals surface area contributed by atoms with Crippen LogP contribution in [0.5, 0.6) is 0 Å². The van der Waals surface area contributed by atoms with Crippen LogP contribution in [0.1, 0.15) is 37.4 Å². The second-order valence-corrected chi connectivity index (χ2v) is 7.11. The summed E-state index contributed by atoms with van der Waals surface area (Å²) in [7, 11) is 0. The zero-order chi connectivity index (χ0) is 21.9. The van der Waals surface area contributed by atoms with Gasteiger partial charge in [-0.1, -0.05) is 12.1 Å². The molecule has 0 bridgehead atoms. The molecule has 0 atom stereocenters. The van der Waals surface area contributed by atoms with Crippen LogP contribution in [0.4, 0.5) is 18.9 Å². The van der Waals surface area contributed by atoms with Crippen molar-refractivity contribution < 1.29 is 27.5 Å². The van der Waals surface area contributed by atoms with Crippen molar-refractivity contribution in [2.24, 2.45) is 5.73 Å². The summed E-state index contributed by atoms with van der Waals surface area (Å²) in [5.74, 6) is -1.37. The number of nitrogens with two attached hydrogens (primary N) is 1. The van der Waals surface area contributed by atoms with Crippen molar-refractivity contribution in [3.05, 3.63) is 64.2 Å². The zero-order valence-corrected chi connectivity index (χ0v) is 16.4. The third-order valence-corrected chi connectivity index (χ3v) is 4.94. The van der Waals surface area contributed by atoms with Gasteiger partial charge in [-0.2, -0.15) is 13.2 Å². The van der Waals surface area contributed by atoms with E-state index in [1.54, 1.807) is 19.1 Å². The summed E-state index contributed by atoms with van der Waals surface area (Å²) < 4.78 is 46.1. The lowest BCUT2D eigenvalue weighted by Crippen LogP contribution is -2.36. The van der Waals surface area contributed by atoms with Crippen LogP contribution in [0, 0.1) is 6.92 Å². The van der Waals surface area contributed by atoms with Gasteiger partial charge < -0.3 is 15.8 Å². The first-order valence-corrected chi connectivity index (χ1v) is 9.37. The van der Waals surface area contributed by atoms with E-state index in [4.69, 9.17) is 10.5 Å². The second-order valence-electron chi connectivity index (χ2n) is 7.11. The molecule has 3 N–H and O–H groups in total. The van der Waals surface area contributed by atoms with Gasteiger partial charge in [0.15, 0.2) is 0 Å². The summed E-state index contributed by atoms with van der Waals surface area (Å²) in [6.45, 7) is 3.87. The molecule has 160 valence electrons. The lowest BCUT2D eigenvalue weighted by atomic mass is 10.0. The lowest BCUT2D eigenvalue weighted by Gasteiger charge is -2.27. The van der Waals surface area contributed by atoms with Gasteiger partial charge in [0.25, 0.3) is 5.91 Å². The summed E-state index contributed by atoms with van der Waals surface area (Å²) in [6, 6.07) is 8.10. The van der Waals surface area contributed by atoms with Gasteiger partial charge in [0.1, 0.15) is 0 Å². The molecule has 2 aromatic carbocycles. The summed E-state index contributed by atoms with van der Waals surface area (Å²) in [5, 5.41) is 2.52. The highest BCUT2D eigenvalue weighted by atomic mass is 19.4. The van der Waals surface area contributed by atoms with Gasteiger partial charge in [-0.15, -0.1) is 0 Å². The first-order chi connectivity index (χ1) is 14.1. The number of ether oxygens (including phenoxy) is 1. The highest BCUT2D eigenvalue weighted by molar-refractivity contribution is 6.05. The summed E-state index contributed by atoms with van der Waals surface area (Å²) >= 11 is 0. The highest BCUT2D eigenvalue weighted by Gasteiger charge is 2.34. The van der Waals surface area contributed by atoms with E-state index in [1.807, 2.05) is 4.90 Å². The highest BCUT2D eigenvalue weighted by Crippen LogP contribution is 2.33. The Balaban J connectivity index is 1.84. The standard InChI is InChI=1S/C21H22F3N3O3/c1-13-2-5-16(11-17(13)19(25)28)26-20(29)14-3-4-15(18(10-14)21(22,23)24)12-27-6-8-30-9-7-27/h2-5,10-11H,6-9,12H2,1H3,(H2,25,28)(H,26,29). The summed E-state index contributed by atoms with van der Waals surface area (Å²) in [6.07, 6.45) is -4.60. The normalized spacial score (nSPS) is 15.1. The lowest BCUT2D eigenvalue weighted by molar-refractivity contribution is -0.138. The Morgan fingerprint density at radius 3 is 2.47 bits per heavy atom. The second kappa shape index (κ2) is 8.85. The molecule has 0 aromatic heterocycles. The molecule has 3 rings (SSSR count). The van der Waals surface area contributed by atoms with E-state index in [2.05, 4.69) is 5.32 Å². The van der Waals surface area contributed by atoms with E-state index in [0.29, 0.717) is 31.9 Å². The molecule has 1 aliphatic rings. The molecule has 30 heavy (non-hydrogen) atoms. The van der Waals surface area contributed by atoms with Crippen molar-refractivity contribution >= 4 is 17.5 Å². The molecular weight excluding hydrogens is 399 g/mol.